The quantitative estimate of drug-likeness (QED) is 0.388. The largest absolute Gasteiger partial charge is 0.356 e. The first kappa shape index (κ1) is 22.4. The number of hydrogen-bond donors (Lipinski definition) is 1. The molecule has 0 aliphatic heterocycles. The maximum absolute atomic E-state index is 15.5. The standard InChI is InChI=1S/C25H21F2N7O/c1-14-17-11-20(27)18(12-21(17)35-32-14)22-23(15-4-5-16(13-29)19(26)10-15)31-25(33(2)8-3-6-28)34-9-7-30-24(22)34/h4-5,7,9-12H,3,6,8,28H2,1-2H3. The third-order valence-corrected chi connectivity index (χ3v) is 5.94. The van der Waals surface area contributed by atoms with Gasteiger partial charge in [0, 0.05) is 42.5 Å². The van der Waals surface area contributed by atoms with Crippen molar-refractivity contribution in [1.29, 1.82) is 5.26 Å². The molecule has 35 heavy (non-hydrogen) atoms. The van der Waals surface area contributed by atoms with Crippen molar-refractivity contribution < 1.29 is 13.3 Å². The van der Waals surface area contributed by atoms with Crippen molar-refractivity contribution in [3.63, 3.8) is 0 Å². The number of anilines is 1. The topological polar surface area (TPSA) is 109 Å². The molecule has 3 aromatic heterocycles. The predicted molar refractivity (Wildman–Crippen MR) is 128 cm³/mol. The van der Waals surface area contributed by atoms with Gasteiger partial charge in [0.15, 0.2) is 5.58 Å². The Kier molecular flexibility index (Phi) is 5.62. The summed E-state index contributed by atoms with van der Waals surface area (Å²) in [6.45, 7) is 2.86. The summed E-state index contributed by atoms with van der Waals surface area (Å²) >= 11 is 0. The molecular weight excluding hydrogens is 452 g/mol. The first-order valence-corrected chi connectivity index (χ1v) is 11.0. The highest BCUT2D eigenvalue weighted by molar-refractivity contribution is 5.95. The minimum Gasteiger partial charge on any atom is -0.356 e. The van der Waals surface area contributed by atoms with Crippen LogP contribution in [0.4, 0.5) is 14.7 Å². The van der Waals surface area contributed by atoms with Crippen molar-refractivity contribution >= 4 is 22.6 Å². The Hall–Kier alpha value is -4.36. The van der Waals surface area contributed by atoms with E-state index >= 15 is 4.39 Å². The summed E-state index contributed by atoms with van der Waals surface area (Å²) in [5.41, 5.74) is 8.25. The molecule has 176 valence electrons. The molecule has 3 heterocycles. The lowest BCUT2D eigenvalue weighted by atomic mass is 9.97. The molecule has 5 rings (SSSR count). The minimum atomic E-state index is -0.694. The smallest absolute Gasteiger partial charge is 0.211 e. The van der Waals surface area contributed by atoms with Crippen molar-refractivity contribution in [2.45, 2.75) is 13.3 Å². The van der Waals surface area contributed by atoms with E-state index in [1.165, 1.54) is 18.2 Å². The summed E-state index contributed by atoms with van der Waals surface area (Å²) in [6, 6.07) is 8.93. The van der Waals surface area contributed by atoms with Crippen LogP contribution >= 0.6 is 0 Å². The van der Waals surface area contributed by atoms with Gasteiger partial charge in [-0.25, -0.2) is 18.7 Å². The molecule has 0 atom stereocenters. The summed E-state index contributed by atoms with van der Waals surface area (Å²) in [5.74, 6) is -0.678. The first-order valence-electron chi connectivity index (χ1n) is 11.0. The van der Waals surface area contributed by atoms with Gasteiger partial charge in [0.05, 0.1) is 22.5 Å². The Bertz CT molecular complexity index is 1620. The number of aryl methyl sites for hydroxylation is 1. The van der Waals surface area contributed by atoms with Crippen LogP contribution in [-0.2, 0) is 0 Å². The maximum atomic E-state index is 15.5. The second-order valence-electron chi connectivity index (χ2n) is 8.22. The Morgan fingerprint density at radius 3 is 2.77 bits per heavy atom. The van der Waals surface area contributed by atoms with Crippen molar-refractivity contribution in [1.82, 2.24) is 19.5 Å². The number of halogens is 2. The van der Waals surface area contributed by atoms with E-state index in [1.54, 1.807) is 35.9 Å². The van der Waals surface area contributed by atoms with Gasteiger partial charge in [0.1, 0.15) is 23.4 Å². The van der Waals surface area contributed by atoms with Gasteiger partial charge in [-0.15, -0.1) is 0 Å². The van der Waals surface area contributed by atoms with Gasteiger partial charge in [-0.2, -0.15) is 5.26 Å². The van der Waals surface area contributed by atoms with Gasteiger partial charge in [-0.3, -0.25) is 4.40 Å². The summed E-state index contributed by atoms with van der Waals surface area (Å²) in [4.78, 5) is 11.3. The number of imidazole rings is 1. The van der Waals surface area contributed by atoms with Gasteiger partial charge in [0.25, 0.3) is 0 Å². The molecule has 0 fully saturated rings. The maximum Gasteiger partial charge on any atom is 0.211 e. The molecule has 0 amide bonds. The number of rotatable bonds is 6. The van der Waals surface area contributed by atoms with Crippen LogP contribution in [0.15, 0.2) is 47.2 Å². The van der Waals surface area contributed by atoms with Crippen molar-refractivity contribution in [3.05, 3.63) is 65.6 Å². The van der Waals surface area contributed by atoms with Gasteiger partial charge in [-0.1, -0.05) is 11.2 Å². The highest BCUT2D eigenvalue weighted by Gasteiger charge is 2.24. The number of nitrogens with two attached hydrogens (primary N) is 1. The van der Waals surface area contributed by atoms with E-state index < -0.39 is 11.6 Å². The molecule has 0 radical (unpaired) electrons. The molecule has 0 aliphatic carbocycles. The van der Waals surface area contributed by atoms with Crippen LogP contribution < -0.4 is 10.6 Å². The number of aromatic nitrogens is 4. The van der Waals surface area contributed by atoms with E-state index in [2.05, 4.69) is 10.1 Å². The molecule has 0 aliphatic rings. The molecule has 8 nitrogen and oxygen atoms in total. The van der Waals surface area contributed by atoms with Crippen LogP contribution in [0, 0.1) is 29.9 Å². The zero-order valence-corrected chi connectivity index (χ0v) is 19.1. The monoisotopic (exact) mass is 473 g/mol. The molecule has 0 saturated heterocycles. The fourth-order valence-corrected chi connectivity index (χ4v) is 4.14. The summed E-state index contributed by atoms with van der Waals surface area (Å²) in [7, 11) is 1.87. The number of hydrogen-bond acceptors (Lipinski definition) is 7. The molecule has 0 saturated carbocycles. The van der Waals surface area contributed by atoms with Crippen molar-refractivity contribution in [2.75, 3.05) is 25.0 Å². The number of benzene rings is 2. The van der Waals surface area contributed by atoms with Gasteiger partial charge < -0.3 is 15.2 Å². The summed E-state index contributed by atoms with van der Waals surface area (Å²) in [6.07, 6.45) is 4.06. The van der Waals surface area contributed by atoms with Crippen molar-refractivity contribution in [3.8, 4) is 28.5 Å². The summed E-state index contributed by atoms with van der Waals surface area (Å²) < 4.78 is 37.3. The first-order chi connectivity index (χ1) is 16.9. The highest BCUT2D eigenvalue weighted by Crippen LogP contribution is 2.39. The second-order valence-corrected chi connectivity index (χ2v) is 8.22. The fraction of sp³-hybridized carbons (Fsp3) is 0.200. The van der Waals surface area contributed by atoms with E-state index in [1.807, 2.05) is 18.0 Å². The van der Waals surface area contributed by atoms with Crippen LogP contribution in [0.25, 0.3) is 39.0 Å². The van der Waals surface area contributed by atoms with Crippen LogP contribution in [-0.4, -0.2) is 39.7 Å². The van der Waals surface area contributed by atoms with E-state index in [4.69, 9.17) is 20.5 Å². The average Bonchev–Trinajstić information content (AvgIpc) is 3.48. The predicted octanol–water partition coefficient (Wildman–Crippen LogP) is 4.45. The third-order valence-electron chi connectivity index (χ3n) is 5.94. The normalized spacial score (nSPS) is 11.3. The minimum absolute atomic E-state index is 0.0952. The van der Waals surface area contributed by atoms with E-state index in [0.29, 0.717) is 58.2 Å². The van der Waals surface area contributed by atoms with Crippen molar-refractivity contribution in [2.24, 2.45) is 5.73 Å². The molecule has 2 aromatic carbocycles. The molecule has 0 unspecified atom stereocenters. The molecule has 2 N–H and O–H groups in total. The molecule has 10 heteroatoms. The lowest BCUT2D eigenvalue weighted by Gasteiger charge is -2.22. The van der Waals surface area contributed by atoms with Gasteiger partial charge in [-0.05, 0) is 44.2 Å². The Morgan fingerprint density at radius 1 is 1.20 bits per heavy atom. The van der Waals surface area contributed by atoms with Crippen LogP contribution in [0.5, 0.6) is 0 Å². The van der Waals surface area contributed by atoms with Gasteiger partial charge >= 0.3 is 0 Å². The lowest BCUT2D eigenvalue weighted by molar-refractivity contribution is 0.450. The SMILES string of the molecule is Cc1noc2cc(-c3c(-c4ccc(C#N)c(F)c4)nc(N(C)CCCN)n4ccnc34)c(F)cc12. The molecular formula is C25H21F2N7O. The Morgan fingerprint density at radius 2 is 2.03 bits per heavy atom. The van der Waals surface area contributed by atoms with E-state index in [0.717, 1.165) is 6.42 Å². The van der Waals surface area contributed by atoms with E-state index in [9.17, 15) is 4.39 Å². The lowest BCUT2D eigenvalue weighted by Crippen LogP contribution is -2.24. The summed E-state index contributed by atoms with van der Waals surface area (Å²) in [5, 5.41) is 13.6. The third kappa shape index (κ3) is 3.76. The van der Waals surface area contributed by atoms with Gasteiger partial charge in [0.2, 0.25) is 5.95 Å². The number of fused-ring (bicyclic) bond motifs is 2. The molecule has 5 aromatic rings. The average molecular weight is 473 g/mol. The number of nitrogens with zero attached hydrogens (tertiary/aromatic N) is 6. The second kappa shape index (κ2) is 8.77. The van der Waals surface area contributed by atoms with E-state index in [-0.39, 0.29) is 11.1 Å². The zero-order chi connectivity index (χ0) is 24.7. The molecule has 0 spiro atoms. The van der Waals surface area contributed by atoms with Crippen LogP contribution in [0.1, 0.15) is 17.7 Å². The van der Waals surface area contributed by atoms with Crippen LogP contribution in [0.2, 0.25) is 0 Å². The Labute approximate surface area is 199 Å². The Balaban J connectivity index is 1.84. The zero-order valence-electron chi connectivity index (χ0n) is 19.1. The highest BCUT2D eigenvalue weighted by atomic mass is 19.1. The molecule has 0 bridgehead atoms. The number of nitriles is 1. The van der Waals surface area contributed by atoms with Crippen LogP contribution in [0.3, 0.4) is 0 Å². The fourth-order valence-electron chi connectivity index (χ4n) is 4.14.